The number of aromatic nitrogens is 4. The highest BCUT2D eigenvalue weighted by Gasteiger charge is 2.15. The molecule has 0 aromatic carbocycles. The van der Waals surface area contributed by atoms with Crippen molar-refractivity contribution >= 4 is 16.5 Å². The van der Waals surface area contributed by atoms with Gasteiger partial charge in [-0.3, -0.25) is 4.79 Å². The van der Waals surface area contributed by atoms with Crippen LogP contribution in [0.2, 0.25) is 0 Å². The number of anilines is 1. The number of unbranched alkanes of at least 4 members (excludes halogenated alkanes) is 1. The Kier molecular flexibility index (Phi) is 5.06. The first-order valence-electron chi connectivity index (χ1n) is 7.20. The van der Waals surface area contributed by atoms with Crippen molar-refractivity contribution < 1.29 is 0 Å². The predicted molar refractivity (Wildman–Crippen MR) is 85.9 cm³/mol. The normalized spacial score (nSPS) is 11.1. The molecule has 2 aromatic rings. The lowest BCUT2D eigenvalue weighted by molar-refractivity contribution is 0.528. The monoisotopic (exact) mass is 307 g/mol. The maximum absolute atomic E-state index is 12.6. The fourth-order valence-electron chi connectivity index (χ4n) is 1.89. The van der Waals surface area contributed by atoms with E-state index in [4.69, 9.17) is 0 Å². The number of nitrogens with zero attached hydrogens (tertiary/aromatic N) is 4. The first-order chi connectivity index (χ1) is 10.1. The number of nitrogens with one attached hydrogen (secondary N) is 1. The van der Waals surface area contributed by atoms with Gasteiger partial charge in [-0.05, 0) is 18.4 Å². The summed E-state index contributed by atoms with van der Waals surface area (Å²) in [5.74, 6) is 0.258. The number of rotatable bonds is 6. The van der Waals surface area contributed by atoms with Gasteiger partial charge < -0.3 is 5.32 Å². The van der Waals surface area contributed by atoms with E-state index in [-0.39, 0.29) is 11.5 Å². The van der Waals surface area contributed by atoms with E-state index in [1.165, 1.54) is 11.3 Å². The standard InChI is InChI=1S/C14H21N5OS/c1-5-6-7-19-13(20)10(8-11(18-19)9(2)3)12-16-17-14(15-4)21-12/h8-9H,5-7H2,1-4H3,(H,15,17). The first-order valence-corrected chi connectivity index (χ1v) is 8.02. The second kappa shape index (κ2) is 6.80. The van der Waals surface area contributed by atoms with Crippen LogP contribution < -0.4 is 10.9 Å². The second-order valence-corrected chi connectivity index (χ2v) is 6.16. The van der Waals surface area contributed by atoms with Gasteiger partial charge in [-0.1, -0.05) is 38.5 Å². The summed E-state index contributed by atoms with van der Waals surface area (Å²) in [4.78, 5) is 12.6. The summed E-state index contributed by atoms with van der Waals surface area (Å²) >= 11 is 1.38. The van der Waals surface area contributed by atoms with Gasteiger partial charge in [-0.2, -0.15) is 5.10 Å². The summed E-state index contributed by atoms with van der Waals surface area (Å²) in [5, 5.41) is 16.9. The van der Waals surface area contributed by atoms with Crippen molar-refractivity contribution in [1.82, 2.24) is 20.0 Å². The molecule has 0 fully saturated rings. The summed E-state index contributed by atoms with van der Waals surface area (Å²) in [6.45, 7) is 6.88. The van der Waals surface area contributed by atoms with Crippen LogP contribution in [-0.2, 0) is 6.54 Å². The zero-order valence-electron chi connectivity index (χ0n) is 12.9. The maximum Gasteiger partial charge on any atom is 0.277 e. The van der Waals surface area contributed by atoms with E-state index < -0.39 is 0 Å². The van der Waals surface area contributed by atoms with Crippen molar-refractivity contribution in [1.29, 1.82) is 0 Å². The Morgan fingerprint density at radius 3 is 2.71 bits per heavy atom. The minimum Gasteiger partial charge on any atom is -0.363 e. The third-order valence-electron chi connectivity index (χ3n) is 3.18. The molecule has 2 heterocycles. The Labute approximate surface area is 128 Å². The van der Waals surface area contributed by atoms with E-state index in [1.807, 2.05) is 6.07 Å². The summed E-state index contributed by atoms with van der Waals surface area (Å²) in [7, 11) is 1.79. The Balaban J connectivity index is 2.52. The molecule has 2 rings (SSSR count). The molecule has 0 amide bonds. The molecule has 0 saturated carbocycles. The van der Waals surface area contributed by atoms with Crippen molar-refractivity contribution in [2.24, 2.45) is 0 Å². The molecule has 7 heteroatoms. The van der Waals surface area contributed by atoms with Crippen LogP contribution in [0.25, 0.3) is 10.6 Å². The second-order valence-electron chi connectivity index (χ2n) is 5.18. The van der Waals surface area contributed by atoms with Gasteiger partial charge >= 0.3 is 0 Å². The van der Waals surface area contributed by atoms with Gasteiger partial charge in [0, 0.05) is 13.6 Å². The zero-order chi connectivity index (χ0) is 15.4. The predicted octanol–water partition coefficient (Wildman–Crippen LogP) is 2.73. The fraction of sp³-hybridized carbons (Fsp3) is 0.571. The van der Waals surface area contributed by atoms with Gasteiger partial charge in [0.2, 0.25) is 5.13 Å². The van der Waals surface area contributed by atoms with Crippen LogP contribution >= 0.6 is 11.3 Å². The van der Waals surface area contributed by atoms with Gasteiger partial charge in [0.25, 0.3) is 5.56 Å². The molecule has 114 valence electrons. The highest BCUT2D eigenvalue weighted by Crippen LogP contribution is 2.25. The van der Waals surface area contributed by atoms with Gasteiger partial charge in [-0.25, -0.2) is 4.68 Å². The largest absolute Gasteiger partial charge is 0.363 e. The molecule has 0 atom stereocenters. The lowest BCUT2D eigenvalue weighted by atomic mass is 10.1. The summed E-state index contributed by atoms with van der Waals surface area (Å²) in [6.07, 6.45) is 1.96. The van der Waals surface area contributed by atoms with Gasteiger partial charge in [0.15, 0.2) is 5.01 Å². The van der Waals surface area contributed by atoms with Crippen LogP contribution in [0.5, 0.6) is 0 Å². The van der Waals surface area contributed by atoms with Crippen LogP contribution in [0, 0.1) is 0 Å². The van der Waals surface area contributed by atoms with Crippen LogP contribution in [0.3, 0.4) is 0 Å². The zero-order valence-corrected chi connectivity index (χ0v) is 13.7. The van der Waals surface area contributed by atoms with E-state index in [2.05, 4.69) is 41.4 Å². The van der Waals surface area contributed by atoms with Crippen LogP contribution in [-0.4, -0.2) is 27.0 Å². The molecule has 0 radical (unpaired) electrons. The van der Waals surface area contributed by atoms with Gasteiger partial charge in [0.1, 0.15) is 0 Å². The molecule has 21 heavy (non-hydrogen) atoms. The molecule has 0 saturated heterocycles. The minimum atomic E-state index is -0.0911. The summed E-state index contributed by atoms with van der Waals surface area (Å²) in [5.41, 5.74) is 1.40. The van der Waals surface area contributed by atoms with Crippen molar-refractivity contribution in [3.8, 4) is 10.6 Å². The Hall–Kier alpha value is -1.76. The number of hydrogen-bond donors (Lipinski definition) is 1. The van der Waals surface area contributed by atoms with E-state index in [0.717, 1.165) is 18.5 Å². The average molecular weight is 307 g/mol. The van der Waals surface area contributed by atoms with Crippen molar-refractivity contribution in [3.05, 3.63) is 22.1 Å². The molecular weight excluding hydrogens is 286 g/mol. The van der Waals surface area contributed by atoms with Crippen molar-refractivity contribution in [2.45, 2.75) is 46.1 Å². The first kappa shape index (κ1) is 15.6. The number of aryl methyl sites for hydroxylation is 1. The fourth-order valence-corrected chi connectivity index (χ4v) is 2.59. The van der Waals surface area contributed by atoms with E-state index in [9.17, 15) is 4.79 Å². The van der Waals surface area contributed by atoms with Crippen LogP contribution in [0.1, 0.15) is 45.2 Å². The molecule has 0 unspecified atom stereocenters. The highest BCUT2D eigenvalue weighted by atomic mass is 32.1. The molecule has 6 nitrogen and oxygen atoms in total. The molecule has 1 N–H and O–H groups in total. The van der Waals surface area contributed by atoms with Gasteiger partial charge in [0.05, 0.1) is 11.3 Å². The highest BCUT2D eigenvalue weighted by molar-refractivity contribution is 7.18. The van der Waals surface area contributed by atoms with Gasteiger partial charge in [-0.15, -0.1) is 10.2 Å². The molecule has 0 aliphatic carbocycles. The molecule has 0 bridgehead atoms. The molecule has 0 aliphatic heterocycles. The maximum atomic E-state index is 12.6. The molecule has 0 spiro atoms. The Morgan fingerprint density at radius 1 is 1.38 bits per heavy atom. The lowest BCUT2D eigenvalue weighted by Gasteiger charge is -2.11. The quantitative estimate of drug-likeness (QED) is 0.888. The number of hydrogen-bond acceptors (Lipinski definition) is 6. The smallest absolute Gasteiger partial charge is 0.277 e. The lowest BCUT2D eigenvalue weighted by Crippen LogP contribution is -2.26. The summed E-state index contributed by atoms with van der Waals surface area (Å²) in [6, 6.07) is 1.84. The molecule has 2 aromatic heterocycles. The molecular formula is C14H21N5OS. The van der Waals surface area contributed by atoms with E-state index in [1.54, 1.807) is 11.7 Å². The van der Waals surface area contributed by atoms with Crippen LogP contribution in [0.15, 0.2) is 10.9 Å². The van der Waals surface area contributed by atoms with E-state index >= 15 is 0 Å². The Bertz CT molecular complexity index is 662. The average Bonchev–Trinajstić information content (AvgIpc) is 2.94. The Morgan fingerprint density at radius 2 is 2.14 bits per heavy atom. The SMILES string of the molecule is CCCCn1nc(C(C)C)cc(-c2nnc(NC)s2)c1=O. The van der Waals surface area contributed by atoms with Crippen LogP contribution in [0.4, 0.5) is 5.13 Å². The van der Waals surface area contributed by atoms with Crippen molar-refractivity contribution in [3.63, 3.8) is 0 Å². The molecule has 0 aliphatic rings. The van der Waals surface area contributed by atoms with E-state index in [0.29, 0.717) is 22.2 Å². The topological polar surface area (TPSA) is 72.7 Å². The minimum absolute atomic E-state index is 0.0911. The third kappa shape index (κ3) is 3.47. The third-order valence-corrected chi connectivity index (χ3v) is 4.15. The summed E-state index contributed by atoms with van der Waals surface area (Å²) < 4.78 is 1.56. The van der Waals surface area contributed by atoms with Crippen molar-refractivity contribution in [2.75, 3.05) is 12.4 Å².